The van der Waals surface area contributed by atoms with Gasteiger partial charge in [-0.3, -0.25) is 0 Å². The fourth-order valence-electron chi connectivity index (χ4n) is 2.44. The number of hydrogen-bond donors (Lipinski definition) is 1. The highest BCUT2D eigenvalue weighted by molar-refractivity contribution is 6.17. The molecule has 0 aliphatic carbocycles. The summed E-state index contributed by atoms with van der Waals surface area (Å²) >= 11 is 0. The van der Waals surface area contributed by atoms with Crippen LogP contribution in [0.3, 0.4) is 0 Å². The van der Waals surface area contributed by atoms with Crippen LogP contribution in [0.25, 0.3) is 5.57 Å². The molecule has 1 aromatic heterocycles. The van der Waals surface area contributed by atoms with E-state index in [9.17, 15) is 23.1 Å². The van der Waals surface area contributed by atoms with E-state index in [2.05, 4.69) is 14.7 Å². The van der Waals surface area contributed by atoms with Gasteiger partial charge in [-0.2, -0.15) is 23.1 Å². The highest BCUT2D eigenvalue weighted by Gasteiger charge is 2.34. The number of carbonyl (C=O) groups is 1. The van der Waals surface area contributed by atoms with E-state index in [0.29, 0.717) is 11.6 Å². The lowest BCUT2D eigenvalue weighted by atomic mass is 10.0. The monoisotopic (exact) mass is 442 g/mol. The van der Waals surface area contributed by atoms with Crippen LogP contribution < -0.4 is 9.47 Å². The van der Waals surface area contributed by atoms with E-state index in [4.69, 9.17) is 14.2 Å². The number of aromatic nitrogens is 2. The van der Waals surface area contributed by atoms with Crippen molar-refractivity contribution in [3.63, 3.8) is 0 Å². The zero-order chi connectivity index (χ0) is 23.2. The SMILES string of the molecule is COC(=O)/C(=C(\O)OC)c1ccccc1COc1cc(C(F)(F)F)nc(OC(C)C)n1. The molecule has 1 aromatic carbocycles. The predicted octanol–water partition coefficient (Wildman–Crippen LogP) is 3.91. The van der Waals surface area contributed by atoms with Gasteiger partial charge in [0.2, 0.25) is 5.88 Å². The van der Waals surface area contributed by atoms with E-state index in [-0.39, 0.29) is 23.6 Å². The maximum absolute atomic E-state index is 13.2. The quantitative estimate of drug-likeness (QED) is 0.373. The lowest BCUT2D eigenvalue weighted by Gasteiger charge is -2.15. The van der Waals surface area contributed by atoms with Crippen molar-refractivity contribution in [2.45, 2.75) is 32.7 Å². The number of aliphatic hydroxyl groups excluding tert-OH is 1. The third kappa shape index (κ3) is 6.24. The molecule has 0 radical (unpaired) electrons. The lowest BCUT2D eigenvalue weighted by Crippen LogP contribution is -2.15. The first kappa shape index (κ1) is 23.8. The van der Waals surface area contributed by atoms with Crippen molar-refractivity contribution in [2.24, 2.45) is 0 Å². The van der Waals surface area contributed by atoms with E-state index in [0.717, 1.165) is 14.2 Å². The van der Waals surface area contributed by atoms with Crippen LogP contribution >= 0.6 is 0 Å². The highest BCUT2D eigenvalue weighted by Crippen LogP contribution is 2.31. The van der Waals surface area contributed by atoms with Gasteiger partial charge in [-0.05, 0) is 19.4 Å². The number of halogens is 3. The van der Waals surface area contributed by atoms with Gasteiger partial charge >= 0.3 is 18.2 Å². The van der Waals surface area contributed by atoms with Gasteiger partial charge in [0, 0.05) is 11.6 Å². The topological polar surface area (TPSA) is 100 Å². The van der Waals surface area contributed by atoms with Crippen molar-refractivity contribution in [3.05, 3.63) is 53.1 Å². The van der Waals surface area contributed by atoms with Crippen LogP contribution in [0.1, 0.15) is 30.7 Å². The van der Waals surface area contributed by atoms with Crippen molar-refractivity contribution < 1.29 is 42.0 Å². The second-order valence-corrected chi connectivity index (χ2v) is 6.36. The van der Waals surface area contributed by atoms with Gasteiger partial charge in [0.1, 0.15) is 12.2 Å². The summed E-state index contributed by atoms with van der Waals surface area (Å²) in [6.07, 6.45) is -5.19. The Kier molecular flexibility index (Phi) is 7.67. The Bertz CT molecular complexity index is 960. The standard InChI is InChI=1S/C20H21F3N2O6/c1-11(2)31-19-24-14(20(21,22)23)9-15(25-19)30-10-12-7-5-6-8-13(12)16(17(26)28-3)18(27)29-4/h5-9,11,26H,10H2,1-4H3/b17-16+. The van der Waals surface area contributed by atoms with E-state index in [1.54, 1.807) is 32.0 Å². The molecule has 31 heavy (non-hydrogen) atoms. The van der Waals surface area contributed by atoms with Gasteiger partial charge in [-0.1, -0.05) is 24.3 Å². The molecule has 0 spiro atoms. The molecule has 0 bridgehead atoms. The molecule has 0 saturated heterocycles. The van der Waals surface area contributed by atoms with Gasteiger partial charge in [-0.15, -0.1) is 0 Å². The normalized spacial score (nSPS) is 12.3. The molecule has 1 heterocycles. The molecule has 2 aromatic rings. The van der Waals surface area contributed by atoms with Gasteiger partial charge in [0.05, 0.1) is 20.3 Å². The Morgan fingerprint density at radius 3 is 2.39 bits per heavy atom. The average Bonchev–Trinajstić information content (AvgIpc) is 2.71. The van der Waals surface area contributed by atoms with Gasteiger partial charge in [-0.25, -0.2) is 4.79 Å². The van der Waals surface area contributed by atoms with Crippen LogP contribution in [-0.2, 0) is 27.1 Å². The highest BCUT2D eigenvalue weighted by atomic mass is 19.4. The Morgan fingerprint density at radius 1 is 1.13 bits per heavy atom. The minimum Gasteiger partial charge on any atom is -0.480 e. The van der Waals surface area contributed by atoms with E-state index in [1.807, 2.05) is 0 Å². The zero-order valence-electron chi connectivity index (χ0n) is 17.2. The molecule has 0 atom stereocenters. The van der Waals surface area contributed by atoms with E-state index in [1.165, 1.54) is 6.07 Å². The lowest BCUT2D eigenvalue weighted by molar-refractivity contribution is -0.141. The summed E-state index contributed by atoms with van der Waals surface area (Å²) in [5.41, 5.74) is -0.942. The summed E-state index contributed by atoms with van der Waals surface area (Å²) < 4.78 is 59.6. The second kappa shape index (κ2) is 10.0. The summed E-state index contributed by atoms with van der Waals surface area (Å²) in [5, 5.41) is 9.98. The van der Waals surface area contributed by atoms with Gasteiger partial charge in [0.15, 0.2) is 5.69 Å². The zero-order valence-corrected chi connectivity index (χ0v) is 17.2. The summed E-state index contributed by atoms with van der Waals surface area (Å²) in [6, 6.07) is 6.41. The minimum absolute atomic E-state index is 0.206. The number of rotatable bonds is 8. The molecule has 168 valence electrons. The molecule has 0 aliphatic heterocycles. The third-order valence-electron chi connectivity index (χ3n) is 3.77. The van der Waals surface area contributed by atoms with Crippen LogP contribution in [0, 0.1) is 0 Å². The Hall–Kier alpha value is -3.50. The van der Waals surface area contributed by atoms with Crippen molar-refractivity contribution in [3.8, 4) is 11.9 Å². The number of ether oxygens (including phenoxy) is 4. The predicted molar refractivity (Wildman–Crippen MR) is 102 cm³/mol. The number of aliphatic hydroxyl groups is 1. The maximum Gasteiger partial charge on any atom is 0.433 e. The Balaban J connectivity index is 2.41. The number of alkyl halides is 3. The Morgan fingerprint density at radius 2 is 1.81 bits per heavy atom. The number of esters is 1. The van der Waals surface area contributed by atoms with Crippen molar-refractivity contribution >= 4 is 11.5 Å². The smallest absolute Gasteiger partial charge is 0.433 e. The Labute approximate surface area is 176 Å². The third-order valence-corrected chi connectivity index (χ3v) is 3.77. The average molecular weight is 442 g/mol. The van der Waals surface area contributed by atoms with Crippen molar-refractivity contribution in [1.82, 2.24) is 9.97 Å². The molecular formula is C20H21F3N2O6. The number of nitrogens with zero attached hydrogens (tertiary/aromatic N) is 2. The molecular weight excluding hydrogens is 421 g/mol. The second-order valence-electron chi connectivity index (χ2n) is 6.36. The molecule has 0 saturated carbocycles. The summed E-state index contributed by atoms with van der Waals surface area (Å²) in [4.78, 5) is 19.3. The number of methoxy groups -OCH3 is 2. The molecule has 8 nitrogen and oxygen atoms in total. The largest absolute Gasteiger partial charge is 0.480 e. The van der Waals surface area contributed by atoms with Crippen molar-refractivity contribution in [2.75, 3.05) is 14.2 Å². The first-order valence-electron chi connectivity index (χ1n) is 8.96. The number of hydrogen-bond acceptors (Lipinski definition) is 8. The van der Waals surface area contributed by atoms with E-state index >= 15 is 0 Å². The first-order valence-corrected chi connectivity index (χ1v) is 8.96. The van der Waals surface area contributed by atoms with E-state index < -0.39 is 35.9 Å². The summed E-state index contributed by atoms with van der Waals surface area (Å²) in [5.74, 6) is -1.94. The fraction of sp³-hybridized carbons (Fsp3) is 0.350. The molecule has 0 fully saturated rings. The molecule has 0 aliphatic rings. The van der Waals surface area contributed by atoms with Crippen LogP contribution in [0.2, 0.25) is 0 Å². The maximum atomic E-state index is 13.2. The van der Waals surface area contributed by atoms with Crippen LogP contribution in [0.4, 0.5) is 13.2 Å². The van der Waals surface area contributed by atoms with Crippen LogP contribution in [-0.4, -0.2) is 41.4 Å². The molecule has 1 N–H and O–H groups in total. The summed E-state index contributed by atoms with van der Waals surface area (Å²) in [6.45, 7) is 2.94. The number of benzene rings is 1. The summed E-state index contributed by atoms with van der Waals surface area (Å²) in [7, 11) is 2.29. The van der Waals surface area contributed by atoms with Crippen LogP contribution in [0.15, 0.2) is 36.3 Å². The van der Waals surface area contributed by atoms with Gasteiger partial charge < -0.3 is 24.1 Å². The minimum atomic E-state index is -4.74. The van der Waals surface area contributed by atoms with Crippen molar-refractivity contribution in [1.29, 1.82) is 0 Å². The molecule has 0 amide bonds. The fourth-order valence-corrected chi connectivity index (χ4v) is 2.44. The van der Waals surface area contributed by atoms with Crippen LogP contribution in [0.5, 0.6) is 11.9 Å². The molecule has 11 heteroatoms. The number of carbonyl (C=O) groups excluding carboxylic acids is 1. The molecule has 2 rings (SSSR count). The molecule has 0 unspecified atom stereocenters. The first-order chi connectivity index (χ1) is 14.6. The van der Waals surface area contributed by atoms with Gasteiger partial charge in [0.25, 0.3) is 5.95 Å².